The lowest BCUT2D eigenvalue weighted by atomic mass is 9.99. The topological polar surface area (TPSA) is 70.7 Å². The molecule has 0 aliphatic carbocycles. The molecule has 2 aliphatic heterocycles. The number of ether oxygens (including phenoxy) is 1. The van der Waals surface area contributed by atoms with Crippen LogP contribution in [-0.2, 0) is 16.1 Å². The van der Waals surface area contributed by atoms with E-state index in [4.69, 9.17) is 4.74 Å². The van der Waals surface area contributed by atoms with Gasteiger partial charge >= 0.3 is 6.03 Å². The number of hydrogen-bond acceptors (Lipinski definition) is 3. The number of morpholine rings is 1. The average molecular weight is 359 g/mol. The molecule has 6 heteroatoms. The number of carbonyl (C=O) groups is 2. The average Bonchev–Trinajstić information content (AvgIpc) is 2.92. The summed E-state index contributed by atoms with van der Waals surface area (Å²) in [4.78, 5) is 26.7. The summed E-state index contributed by atoms with van der Waals surface area (Å²) in [6, 6.07) is 7.94. The minimum atomic E-state index is -0.204. The molecule has 0 spiro atoms. The predicted octanol–water partition coefficient (Wildman–Crippen LogP) is 2.07. The molecule has 1 aromatic carbocycles. The van der Waals surface area contributed by atoms with E-state index in [1.165, 1.54) is 0 Å². The zero-order valence-corrected chi connectivity index (χ0v) is 15.8. The van der Waals surface area contributed by atoms with E-state index < -0.39 is 0 Å². The Bertz CT molecular complexity index is 661. The van der Waals surface area contributed by atoms with E-state index in [2.05, 4.69) is 24.5 Å². The Labute approximate surface area is 155 Å². The van der Waals surface area contributed by atoms with Crippen molar-refractivity contribution < 1.29 is 14.3 Å². The number of nitrogens with zero attached hydrogens (tertiary/aromatic N) is 1. The summed E-state index contributed by atoms with van der Waals surface area (Å²) >= 11 is 0. The fourth-order valence-electron chi connectivity index (χ4n) is 3.63. The molecule has 2 bridgehead atoms. The molecular weight excluding hydrogens is 330 g/mol. The summed E-state index contributed by atoms with van der Waals surface area (Å²) in [5, 5.41) is 5.99. The molecule has 2 fully saturated rings. The van der Waals surface area contributed by atoms with Gasteiger partial charge in [0.25, 0.3) is 0 Å². The van der Waals surface area contributed by atoms with Gasteiger partial charge in [-0.2, -0.15) is 0 Å². The number of likely N-dealkylation sites (tertiary alicyclic amines) is 1. The Morgan fingerprint density at radius 1 is 1.23 bits per heavy atom. The molecule has 3 amide bonds. The quantitative estimate of drug-likeness (QED) is 0.845. The van der Waals surface area contributed by atoms with Crippen molar-refractivity contribution in [2.75, 3.05) is 19.6 Å². The van der Waals surface area contributed by atoms with Crippen molar-refractivity contribution in [3.8, 4) is 0 Å². The number of carbonyl (C=O) groups excluding carboxylic acids is 2. The number of nitrogens with one attached hydrogen (secondary N) is 2. The summed E-state index contributed by atoms with van der Waals surface area (Å²) in [6.45, 7) is 8.38. The molecular formula is C20H29N3O3. The number of hydrogen-bond donors (Lipinski definition) is 2. The normalized spacial score (nSPS) is 24.6. The fraction of sp³-hybridized carbons (Fsp3) is 0.600. The number of rotatable bonds is 5. The van der Waals surface area contributed by atoms with Crippen LogP contribution in [0.15, 0.2) is 24.3 Å². The zero-order valence-electron chi connectivity index (χ0n) is 15.8. The van der Waals surface area contributed by atoms with Gasteiger partial charge in [0.15, 0.2) is 0 Å². The van der Waals surface area contributed by atoms with E-state index in [9.17, 15) is 9.59 Å². The van der Waals surface area contributed by atoms with Crippen LogP contribution in [0.2, 0.25) is 0 Å². The maximum absolute atomic E-state index is 12.6. The Balaban J connectivity index is 1.53. The minimum absolute atomic E-state index is 0.0484. The van der Waals surface area contributed by atoms with E-state index in [0.717, 1.165) is 11.1 Å². The third-order valence-electron chi connectivity index (χ3n) is 5.16. The highest BCUT2D eigenvalue weighted by Gasteiger charge is 2.45. The number of aryl methyl sites for hydroxylation is 1. The lowest BCUT2D eigenvalue weighted by molar-refractivity contribution is -0.127. The Morgan fingerprint density at radius 3 is 2.73 bits per heavy atom. The van der Waals surface area contributed by atoms with Crippen LogP contribution in [0.25, 0.3) is 0 Å². The molecule has 2 heterocycles. The van der Waals surface area contributed by atoms with Gasteiger partial charge in [-0.15, -0.1) is 0 Å². The third-order valence-corrected chi connectivity index (χ3v) is 5.16. The van der Waals surface area contributed by atoms with Crippen molar-refractivity contribution in [3.63, 3.8) is 0 Å². The molecule has 0 saturated carbocycles. The van der Waals surface area contributed by atoms with Crippen LogP contribution in [0, 0.1) is 18.8 Å². The highest BCUT2D eigenvalue weighted by Crippen LogP contribution is 2.32. The molecule has 0 unspecified atom stereocenters. The number of urea groups is 1. The molecule has 3 rings (SSSR count). The standard InChI is InChI=1S/C20H29N3O3/c1-13(2)9-21-19(24)17-8-16-11-23(12-18(17)26-16)20(25)22-10-15-7-5-4-6-14(15)3/h4-7,13,16-18H,8-12H2,1-3H3,(H,21,24)(H,22,25)/t16-,17+,18-/m1/s1. The summed E-state index contributed by atoms with van der Waals surface area (Å²) < 4.78 is 5.92. The molecule has 2 aliphatic rings. The van der Waals surface area contributed by atoms with Crippen molar-refractivity contribution in [3.05, 3.63) is 35.4 Å². The predicted molar refractivity (Wildman–Crippen MR) is 99.6 cm³/mol. The van der Waals surface area contributed by atoms with Crippen LogP contribution >= 0.6 is 0 Å². The van der Waals surface area contributed by atoms with Gasteiger partial charge in [0.2, 0.25) is 5.91 Å². The van der Waals surface area contributed by atoms with Crippen LogP contribution in [0.3, 0.4) is 0 Å². The van der Waals surface area contributed by atoms with Crippen molar-refractivity contribution in [2.45, 2.75) is 45.9 Å². The largest absolute Gasteiger partial charge is 0.370 e. The number of amides is 3. The summed E-state index contributed by atoms with van der Waals surface area (Å²) in [6.07, 6.45) is 0.439. The van der Waals surface area contributed by atoms with Gasteiger partial charge < -0.3 is 20.3 Å². The fourth-order valence-corrected chi connectivity index (χ4v) is 3.63. The van der Waals surface area contributed by atoms with E-state index in [-0.39, 0.29) is 30.1 Å². The first-order valence-electron chi connectivity index (χ1n) is 9.44. The second-order valence-electron chi connectivity index (χ2n) is 7.77. The first kappa shape index (κ1) is 18.7. The molecule has 2 saturated heterocycles. The Morgan fingerprint density at radius 2 is 2.00 bits per heavy atom. The Kier molecular flexibility index (Phi) is 5.81. The van der Waals surface area contributed by atoms with E-state index in [1.54, 1.807) is 4.90 Å². The van der Waals surface area contributed by atoms with Crippen LogP contribution in [0.1, 0.15) is 31.4 Å². The maximum Gasteiger partial charge on any atom is 0.317 e. The molecule has 2 N–H and O–H groups in total. The number of benzene rings is 1. The van der Waals surface area contributed by atoms with Gasteiger partial charge in [-0.25, -0.2) is 4.79 Å². The smallest absolute Gasteiger partial charge is 0.317 e. The second-order valence-corrected chi connectivity index (χ2v) is 7.77. The summed E-state index contributed by atoms with van der Waals surface area (Å²) in [7, 11) is 0. The first-order valence-corrected chi connectivity index (χ1v) is 9.44. The molecule has 142 valence electrons. The highest BCUT2D eigenvalue weighted by molar-refractivity contribution is 5.80. The molecule has 3 atom stereocenters. The second kappa shape index (κ2) is 8.08. The van der Waals surface area contributed by atoms with Crippen LogP contribution in [-0.4, -0.2) is 48.7 Å². The molecule has 6 nitrogen and oxygen atoms in total. The third kappa shape index (κ3) is 4.36. The number of fused-ring (bicyclic) bond motifs is 2. The Hall–Kier alpha value is -2.08. The van der Waals surface area contributed by atoms with Crippen LogP contribution in [0.5, 0.6) is 0 Å². The van der Waals surface area contributed by atoms with Gasteiger partial charge in [-0.05, 0) is 30.4 Å². The lowest BCUT2D eigenvalue weighted by Crippen LogP contribution is -2.51. The van der Waals surface area contributed by atoms with Gasteiger partial charge in [-0.1, -0.05) is 38.1 Å². The van der Waals surface area contributed by atoms with E-state index in [0.29, 0.717) is 38.5 Å². The minimum Gasteiger partial charge on any atom is -0.370 e. The van der Waals surface area contributed by atoms with E-state index in [1.807, 2.05) is 31.2 Å². The van der Waals surface area contributed by atoms with Crippen LogP contribution < -0.4 is 10.6 Å². The molecule has 26 heavy (non-hydrogen) atoms. The lowest BCUT2D eigenvalue weighted by Gasteiger charge is -2.32. The van der Waals surface area contributed by atoms with Crippen molar-refractivity contribution in [1.82, 2.24) is 15.5 Å². The van der Waals surface area contributed by atoms with E-state index >= 15 is 0 Å². The summed E-state index contributed by atoms with van der Waals surface area (Å²) in [5.41, 5.74) is 2.28. The van der Waals surface area contributed by atoms with Crippen molar-refractivity contribution >= 4 is 11.9 Å². The summed E-state index contributed by atoms with van der Waals surface area (Å²) in [5.74, 6) is 0.311. The molecule has 1 aromatic rings. The monoisotopic (exact) mass is 359 g/mol. The zero-order chi connectivity index (χ0) is 18.7. The van der Waals surface area contributed by atoms with Crippen molar-refractivity contribution in [2.24, 2.45) is 11.8 Å². The molecule has 0 aromatic heterocycles. The van der Waals surface area contributed by atoms with Gasteiger partial charge in [-0.3, -0.25) is 4.79 Å². The molecule has 0 radical (unpaired) electrons. The SMILES string of the molecule is Cc1ccccc1CNC(=O)N1C[C@H]2C[C@H](C(=O)NCC(C)C)[C@@H](C1)O2. The van der Waals surface area contributed by atoms with Gasteiger partial charge in [0.05, 0.1) is 18.1 Å². The van der Waals surface area contributed by atoms with Gasteiger partial charge in [0, 0.05) is 26.2 Å². The van der Waals surface area contributed by atoms with Crippen molar-refractivity contribution in [1.29, 1.82) is 0 Å². The first-order chi connectivity index (χ1) is 12.4. The van der Waals surface area contributed by atoms with Gasteiger partial charge in [0.1, 0.15) is 0 Å². The van der Waals surface area contributed by atoms with Crippen LogP contribution in [0.4, 0.5) is 4.79 Å². The maximum atomic E-state index is 12.6. The highest BCUT2D eigenvalue weighted by atomic mass is 16.5.